The van der Waals surface area contributed by atoms with Crippen LogP contribution in [0.3, 0.4) is 0 Å². The van der Waals surface area contributed by atoms with Gasteiger partial charge in [-0.15, -0.1) is 0 Å². The van der Waals surface area contributed by atoms with Gasteiger partial charge < -0.3 is 9.64 Å². The van der Waals surface area contributed by atoms with Crippen molar-refractivity contribution in [2.24, 2.45) is 11.3 Å². The molecule has 4 aliphatic rings. The zero-order valence-corrected chi connectivity index (χ0v) is 14.5. The fourth-order valence-corrected chi connectivity index (χ4v) is 4.96. The van der Waals surface area contributed by atoms with E-state index >= 15 is 0 Å². The molecule has 1 amide bonds. The normalized spacial score (nSPS) is 33.0. The minimum absolute atomic E-state index is 0.414. The molecule has 0 radical (unpaired) electrons. The van der Waals surface area contributed by atoms with Crippen molar-refractivity contribution in [2.45, 2.75) is 63.8 Å². The predicted molar refractivity (Wildman–Crippen MR) is 90.2 cm³/mol. The second kappa shape index (κ2) is 6.72. The van der Waals surface area contributed by atoms with Crippen molar-refractivity contribution in [3.05, 3.63) is 0 Å². The molecule has 3 saturated heterocycles. The number of nitrogens with zero attached hydrogens (tertiary/aromatic N) is 2. The maximum atomic E-state index is 12.4. The summed E-state index contributed by atoms with van der Waals surface area (Å²) in [6.45, 7) is 6.42. The van der Waals surface area contributed by atoms with Gasteiger partial charge in [-0.3, -0.25) is 9.69 Å². The van der Waals surface area contributed by atoms with E-state index in [1.165, 1.54) is 58.0 Å². The average molecular weight is 320 g/mol. The number of carbonyl (C=O) groups is 1. The van der Waals surface area contributed by atoms with Crippen molar-refractivity contribution in [3.8, 4) is 0 Å². The maximum absolute atomic E-state index is 12.4. The lowest BCUT2D eigenvalue weighted by atomic mass is 9.73. The lowest BCUT2D eigenvalue weighted by Crippen LogP contribution is -2.50. The lowest BCUT2D eigenvalue weighted by Gasteiger charge is -2.47. The number of hydrogen-bond donors (Lipinski definition) is 0. The smallest absolute Gasteiger partial charge is 0.222 e. The van der Waals surface area contributed by atoms with Crippen LogP contribution in [0.25, 0.3) is 0 Å². The Morgan fingerprint density at radius 1 is 1.04 bits per heavy atom. The second-order valence-electron chi connectivity index (χ2n) is 8.45. The number of likely N-dealkylation sites (tertiary alicyclic amines) is 2. The monoisotopic (exact) mass is 320 g/mol. The molecule has 4 rings (SSSR count). The van der Waals surface area contributed by atoms with Gasteiger partial charge in [-0.05, 0) is 69.2 Å². The number of piperidine rings is 1. The van der Waals surface area contributed by atoms with Gasteiger partial charge in [-0.25, -0.2) is 0 Å². The Labute approximate surface area is 140 Å². The minimum atomic E-state index is 0.414. The van der Waals surface area contributed by atoms with Crippen molar-refractivity contribution in [1.82, 2.24) is 9.80 Å². The summed E-state index contributed by atoms with van der Waals surface area (Å²) in [5.41, 5.74) is 0.514. The molecule has 0 bridgehead atoms. The van der Waals surface area contributed by atoms with Crippen molar-refractivity contribution in [1.29, 1.82) is 0 Å². The molecule has 0 aromatic carbocycles. The molecule has 3 heterocycles. The Balaban J connectivity index is 1.36. The van der Waals surface area contributed by atoms with Crippen molar-refractivity contribution >= 4 is 5.91 Å². The Morgan fingerprint density at radius 3 is 2.65 bits per heavy atom. The molecule has 4 nitrogen and oxygen atoms in total. The SMILES string of the molecule is O=C1CCC(N2CCCC3(CCOCC3)C2)CCN1CC1CC1. The van der Waals surface area contributed by atoms with E-state index in [1.54, 1.807) is 0 Å². The van der Waals surface area contributed by atoms with E-state index in [0.29, 0.717) is 17.4 Å². The van der Waals surface area contributed by atoms with Crippen LogP contribution in [0.1, 0.15) is 57.8 Å². The third-order valence-corrected chi connectivity index (χ3v) is 6.71. The molecule has 0 N–H and O–H groups in total. The maximum Gasteiger partial charge on any atom is 0.222 e. The first-order valence-corrected chi connectivity index (χ1v) is 9.84. The van der Waals surface area contributed by atoms with Crippen molar-refractivity contribution in [2.75, 3.05) is 39.4 Å². The van der Waals surface area contributed by atoms with Gasteiger partial charge in [0, 0.05) is 45.3 Å². The van der Waals surface area contributed by atoms with Crippen LogP contribution in [0.4, 0.5) is 0 Å². The Hall–Kier alpha value is -0.610. The van der Waals surface area contributed by atoms with E-state index < -0.39 is 0 Å². The molecule has 3 aliphatic heterocycles. The van der Waals surface area contributed by atoms with Crippen LogP contribution < -0.4 is 0 Å². The van der Waals surface area contributed by atoms with Gasteiger partial charge in [-0.1, -0.05) is 0 Å². The van der Waals surface area contributed by atoms with Gasteiger partial charge in [0.05, 0.1) is 0 Å². The molecule has 0 aromatic heterocycles. The highest BCUT2D eigenvalue weighted by molar-refractivity contribution is 5.76. The fraction of sp³-hybridized carbons (Fsp3) is 0.947. The summed E-state index contributed by atoms with van der Waals surface area (Å²) in [5.74, 6) is 1.23. The quantitative estimate of drug-likeness (QED) is 0.801. The van der Waals surface area contributed by atoms with Gasteiger partial charge >= 0.3 is 0 Å². The Morgan fingerprint density at radius 2 is 1.87 bits per heavy atom. The topological polar surface area (TPSA) is 32.8 Å². The molecule has 130 valence electrons. The number of hydrogen-bond acceptors (Lipinski definition) is 3. The van der Waals surface area contributed by atoms with Crippen LogP contribution in [0.5, 0.6) is 0 Å². The molecular formula is C19H32N2O2. The van der Waals surface area contributed by atoms with Crippen molar-refractivity contribution < 1.29 is 9.53 Å². The molecule has 1 atom stereocenters. The number of carbonyl (C=O) groups excluding carboxylic acids is 1. The van der Waals surface area contributed by atoms with Crippen LogP contribution >= 0.6 is 0 Å². The van der Waals surface area contributed by atoms with E-state index in [0.717, 1.165) is 45.1 Å². The third-order valence-electron chi connectivity index (χ3n) is 6.71. The van der Waals surface area contributed by atoms with Crippen LogP contribution in [0.2, 0.25) is 0 Å². The summed E-state index contributed by atoms with van der Waals surface area (Å²) in [7, 11) is 0. The zero-order valence-electron chi connectivity index (χ0n) is 14.5. The zero-order chi connectivity index (χ0) is 15.7. The minimum Gasteiger partial charge on any atom is -0.381 e. The summed E-state index contributed by atoms with van der Waals surface area (Å²) in [4.78, 5) is 17.3. The van der Waals surface area contributed by atoms with Gasteiger partial charge in [0.1, 0.15) is 0 Å². The number of rotatable bonds is 3. The highest BCUT2D eigenvalue weighted by Gasteiger charge is 2.39. The average Bonchev–Trinajstić information content (AvgIpc) is 3.39. The highest BCUT2D eigenvalue weighted by atomic mass is 16.5. The van der Waals surface area contributed by atoms with E-state index in [-0.39, 0.29) is 0 Å². The van der Waals surface area contributed by atoms with Gasteiger partial charge in [0.15, 0.2) is 0 Å². The van der Waals surface area contributed by atoms with E-state index in [2.05, 4.69) is 9.80 Å². The second-order valence-corrected chi connectivity index (χ2v) is 8.45. The standard InChI is InChI=1S/C19H32N2O2/c22-18-5-4-17(6-11-20(18)14-16-2-3-16)21-10-1-7-19(15-21)8-12-23-13-9-19/h16-17H,1-15H2. The first-order valence-electron chi connectivity index (χ1n) is 9.84. The predicted octanol–water partition coefficient (Wildman–Crippen LogP) is 2.67. The molecular weight excluding hydrogens is 288 g/mol. The molecule has 1 spiro atoms. The van der Waals surface area contributed by atoms with Gasteiger partial charge in [0.25, 0.3) is 0 Å². The molecule has 4 fully saturated rings. The first-order chi connectivity index (χ1) is 11.2. The Kier molecular flexibility index (Phi) is 4.64. The van der Waals surface area contributed by atoms with E-state index in [4.69, 9.17) is 4.74 Å². The summed E-state index contributed by atoms with van der Waals surface area (Å²) < 4.78 is 5.60. The van der Waals surface area contributed by atoms with Gasteiger partial charge in [-0.2, -0.15) is 0 Å². The van der Waals surface area contributed by atoms with Crippen LogP contribution in [-0.2, 0) is 9.53 Å². The molecule has 4 heteroatoms. The molecule has 1 unspecified atom stereocenters. The summed E-state index contributed by atoms with van der Waals surface area (Å²) in [5, 5.41) is 0. The van der Waals surface area contributed by atoms with Crippen LogP contribution in [0.15, 0.2) is 0 Å². The number of ether oxygens (including phenoxy) is 1. The van der Waals surface area contributed by atoms with E-state index in [1.807, 2.05) is 0 Å². The van der Waals surface area contributed by atoms with Crippen LogP contribution in [-0.4, -0.2) is 61.1 Å². The van der Waals surface area contributed by atoms with Gasteiger partial charge in [0.2, 0.25) is 5.91 Å². The largest absolute Gasteiger partial charge is 0.381 e. The number of amides is 1. The highest BCUT2D eigenvalue weighted by Crippen LogP contribution is 2.40. The first kappa shape index (κ1) is 15.9. The lowest BCUT2D eigenvalue weighted by molar-refractivity contribution is -0.130. The Bertz CT molecular complexity index is 424. The molecule has 0 aromatic rings. The molecule has 1 saturated carbocycles. The van der Waals surface area contributed by atoms with E-state index in [9.17, 15) is 4.79 Å². The summed E-state index contributed by atoms with van der Waals surface area (Å²) in [6.07, 6.45) is 10.9. The fourth-order valence-electron chi connectivity index (χ4n) is 4.96. The summed E-state index contributed by atoms with van der Waals surface area (Å²) in [6, 6.07) is 0.628. The van der Waals surface area contributed by atoms with Crippen LogP contribution in [0, 0.1) is 11.3 Å². The third kappa shape index (κ3) is 3.74. The molecule has 23 heavy (non-hydrogen) atoms. The van der Waals surface area contributed by atoms with Crippen molar-refractivity contribution in [3.63, 3.8) is 0 Å². The molecule has 1 aliphatic carbocycles. The summed E-state index contributed by atoms with van der Waals surface area (Å²) >= 11 is 0.